The summed E-state index contributed by atoms with van der Waals surface area (Å²) in [6, 6.07) is 14.0. The third kappa shape index (κ3) is 3.27. The highest BCUT2D eigenvalue weighted by molar-refractivity contribution is 9.10. The van der Waals surface area contributed by atoms with Crippen molar-refractivity contribution in [3.63, 3.8) is 0 Å². The maximum Gasteiger partial charge on any atom is 0.352 e. The van der Waals surface area contributed by atoms with Crippen LogP contribution in [-0.2, 0) is 6.61 Å². The zero-order valence-corrected chi connectivity index (χ0v) is 13.5. The lowest BCUT2D eigenvalue weighted by Crippen LogP contribution is -2.10. The molecule has 0 unspecified atom stereocenters. The van der Waals surface area contributed by atoms with Crippen molar-refractivity contribution in [2.75, 3.05) is 0 Å². The van der Waals surface area contributed by atoms with Gasteiger partial charge in [0.05, 0.1) is 10.9 Å². The topological polar surface area (TPSA) is 79.4 Å². The molecule has 5 nitrogen and oxygen atoms in total. The largest absolute Gasteiger partial charge is 0.487 e. The number of halogens is 1. The van der Waals surface area contributed by atoms with E-state index in [0.717, 1.165) is 11.6 Å². The van der Waals surface area contributed by atoms with Crippen molar-refractivity contribution >= 4 is 32.8 Å². The Balaban J connectivity index is 2.07. The van der Waals surface area contributed by atoms with Crippen LogP contribution in [0.1, 0.15) is 16.1 Å². The Kier molecular flexibility index (Phi) is 4.16. The van der Waals surface area contributed by atoms with Crippen LogP contribution in [-0.4, -0.2) is 16.1 Å². The molecule has 0 atom stereocenters. The first kappa shape index (κ1) is 15.3. The molecule has 1 heterocycles. The van der Waals surface area contributed by atoms with E-state index in [2.05, 4.69) is 20.9 Å². The summed E-state index contributed by atoms with van der Waals surface area (Å²) in [4.78, 5) is 26.0. The number of carboxylic acids is 1. The van der Waals surface area contributed by atoms with Gasteiger partial charge in [-0.2, -0.15) is 0 Å². The zero-order chi connectivity index (χ0) is 16.4. The molecular formula is C17H12BrNO4. The molecule has 0 fully saturated rings. The summed E-state index contributed by atoms with van der Waals surface area (Å²) >= 11 is 3.34. The van der Waals surface area contributed by atoms with E-state index in [1.54, 1.807) is 12.1 Å². The number of aromatic amines is 1. The SMILES string of the molecule is O=C(O)c1cc(=O)c2cc(Br)cc(OCc3ccccc3)c2[nH]1. The number of carbonyl (C=O) groups is 1. The zero-order valence-electron chi connectivity index (χ0n) is 11.9. The van der Waals surface area contributed by atoms with Gasteiger partial charge in [-0.3, -0.25) is 4.79 Å². The molecule has 3 aromatic rings. The highest BCUT2D eigenvalue weighted by Crippen LogP contribution is 2.28. The molecule has 0 bridgehead atoms. The first-order valence-electron chi connectivity index (χ1n) is 6.81. The van der Waals surface area contributed by atoms with E-state index in [0.29, 0.717) is 27.7 Å². The number of benzene rings is 2. The number of hydrogen-bond donors (Lipinski definition) is 2. The Hall–Kier alpha value is -2.60. The number of aromatic nitrogens is 1. The molecule has 2 N–H and O–H groups in total. The predicted octanol–water partition coefficient (Wildman–Crippen LogP) is 3.57. The number of carboxylic acid groups (broad SMARTS) is 1. The maximum absolute atomic E-state index is 12.1. The van der Waals surface area contributed by atoms with Gasteiger partial charge in [0.15, 0.2) is 5.43 Å². The van der Waals surface area contributed by atoms with Crippen molar-refractivity contribution in [2.24, 2.45) is 0 Å². The number of pyridine rings is 1. The number of H-pyrrole nitrogens is 1. The smallest absolute Gasteiger partial charge is 0.352 e. The van der Waals surface area contributed by atoms with Crippen LogP contribution in [0.3, 0.4) is 0 Å². The third-order valence-corrected chi connectivity index (χ3v) is 3.79. The average molecular weight is 374 g/mol. The molecule has 3 rings (SSSR count). The number of aromatic carboxylic acids is 1. The van der Waals surface area contributed by atoms with Crippen molar-refractivity contribution in [1.82, 2.24) is 4.98 Å². The summed E-state index contributed by atoms with van der Waals surface area (Å²) in [5.41, 5.74) is 0.794. The molecule has 0 aliphatic heterocycles. The molecule has 0 spiro atoms. The summed E-state index contributed by atoms with van der Waals surface area (Å²) in [5.74, 6) is -0.778. The third-order valence-electron chi connectivity index (χ3n) is 3.34. The van der Waals surface area contributed by atoms with Gasteiger partial charge in [-0.05, 0) is 17.7 Å². The summed E-state index contributed by atoms with van der Waals surface area (Å²) in [5, 5.41) is 9.47. The van der Waals surface area contributed by atoms with Crippen LogP contribution in [0, 0.1) is 0 Å². The van der Waals surface area contributed by atoms with Crippen LogP contribution < -0.4 is 10.2 Å². The van der Waals surface area contributed by atoms with Gasteiger partial charge < -0.3 is 14.8 Å². The lowest BCUT2D eigenvalue weighted by molar-refractivity contribution is 0.0691. The van der Waals surface area contributed by atoms with Gasteiger partial charge in [-0.1, -0.05) is 46.3 Å². The van der Waals surface area contributed by atoms with Crippen molar-refractivity contribution in [2.45, 2.75) is 6.61 Å². The summed E-state index contributed by atoms with van der Waals surface area (Å²) in [7, 11) is 0. The maximum atomic E-state index is 12.1. The fraction of sp³-hybridized carbons (Fsp3) is 0.0588. The van der Waals surface area contributed by atoms with Crippen LogP contribution >= 0.6 is 15.9 Å². The molecule has 116 valence electrons. The fourth-order valence-electron chi connectivity index (χ4n) is 2.25. The van der Waals surface area contributed by atoms with Crippen molar-refractivity contribution in [1.29, 1.82) is 0 Å². The highest BCUT2D eigenvalue weighted by atomic mass is 79.9. The van der Waals surface area contributed by atoms with Crippen LogP contribution in [0.5, 0.6) is 5.75 Å². The molecule has 23 heavy (non-hydrogen) atoms. The molecule has 0 aliphatic rings. The Morgan fingerprint density at radius 3 is 2.61 bits per heavy atom. The summed E-state index contributed by atoms with van der Waals surface area (Å²) in [6.45, 7) is 0.311. The van der Waals surface area contributed by atoms with E-state index in [1.165, 1.54) is 0 Å². The number of fused-ring (bicyclic) bond motifs is 1. The molecule has 1 aromatic heterocycles. The summed E-state index contributed by atoms with van der Waals surface area (Å²) < 4.78 is 6.46. The highest BCUT2D eigenvalue weighted by Gasteiger charge is 2.13. The Morgan fingerprint density at radius 1 is 1.17 bits per heavy atom. The second-order valence-corrected chi connectivity index (χ2v) is 5.87. The Bertz CT molecular complexity index is 934. The van der Waals surface area contributed by atoms with Gasteiger partial charge in [0.2, 0.25) is 0 Å². The van der Waals surface area contributed by atoms with E-state index in [-0.39, 0.29) is 11.1 Å². The van der Waals surface area contributed by atoms with Crippen LogP contribution in [0.15, 0.2) is 57.8 Å². The molecule has 0 radical (unpaired) electrons. The van der Waals surface area contributed by atoms with Gasteiger partial charge >= 0.3 is 5.97 Å². The van der Waals surface area contributed by atoms with Crippen LogP contribution in [0.4, 0.5) is 0 Å². The number of ether oxygens (including phenoxy) is 1. The van der Waals surface area contributed by atoms with Gasteiger partial charge in [0.25, 0.3) is 0 Å². The minimum absolute atomic E-state index is 0.172. The molecule has 0 amide bonds. The van der Waals surface area contributed by atoms with Crippen LogP contribution in [0.2, 0.25) is 0 Å². The lowest BCUT2D eigenvalue weighted by atomic mass is 10.1. The average Bonchev–Trinajstić information content (AvgIpc) is 2.54. The van der Waals surface area contributed by atoms with Crippen molar-refractivity contribution < 1.29 is 14.6 Å². The standard InChI is InChI=1S/C17H12BrNO4/c18-11-6-12-14(20)8-13(17(21)22)19-16(12)15(7-11)23-9-10-4-2-1-3-5-10/h1-8H,9H2,(H,19,20)(H,21,22). The lowest BCUT2D eigenvalue weighted by Gasteiger charge is -2.11. The quantitative estimate of drug-likeness (QED) is 0.732. The minimum Gasteiger partial charge on any atom is -0.487 e. The Morgan fingerprint density at radius 2 is 1.91 bits per heavy atom. The predicted molar refractivity (Wildman–Crippen MR) is 90.0 cm³/mol. The van der Waals surface area contributed by atoms with Crippen molar-refractivity contribution in [3.05, 3.63) is 74.5 Å². The molecule has 6 heteroatoms. The monoisotopic (exact) mass is 373 g/mol. The van der Waals surface area contributed by atoms with E-state index < -0.39 is 5.97 Å². The minimum atomic E-state index is -1.19. The first-order chi connectivity index (χ1) is 11.0. The second-order valence-electron chi connectivity index (χ2n) is 4.95. The van der Waals surface area contributed by atoms with E-state index in [9.17, 15) is 9.59 Å². The van der Waals surface area contributed by atoms with Crippen molar-refractivity contribution in [3.8, 4) is 5.75 Å². The normalized spacial score (nSPS) is 10.7. The van der Waals surface area contributed by atoms with Gasteiger partial charge in [-0.15, -0.1) is 0 Å². The number of rotatable bonds is 4. The van der Waals surface area contributed by atoms with E-state index >= 15 is 0 Å². The molecule has 0 saturated heterocycles. The molecule has 0 aliphatic carbocycles. The van der Waals surface area contributed by atoms with Crippen LogP contribution in [0.25, 0.3) is 10.9 Å². The Labute approximate surface area is 139 Å². The molecule has 2 aromatic carbocycles. The van der Waals surface area contributed by atoms with E-state index in [1.807, 2.05) is 30.3 Å². The number of hydrogen-bond acceptors (Lipinski definition) is 3. The molecule has 0 saturated carbocycles. The second kappa shape index (κ2) is 6.26. The van der Waals surface area contributed by atoms with Gasteiger partial charge in [-0.25, -0.2) is 4.79 Å². The molecular weight excluding hydrogens is 362 g/mol. The fourth-order valence-corrected chi connectivity index (χ4v) is 2.69. The first-order valence-corrected chi connectivity index (χ1v) is 7.60. The van der Waals surface area contributed by atoms with E-state index in [4.69, 9.17) is 9.84 Å². The summed E-state index contributed by atoms with van der Waals surface area (Å²) in [6.07, 6.45) is 0. The number of nitrogens with one attached hydrogen (secondary N) is 1. The van der Waals surface area contributed by atoms with Gasteiger partial charge in [0.1, 0.15) is 18.1 Å². The van der Waals surface area contributed by atoms with Gasteiger partial charge in [0, 0.05) is 10.5 Å².